The molecule has 4 nitrogen and oxygen atoms in total. The number of fused-ring (bicyclic) bond motifs is 1. The number of rotatable bonds is 2. The van der Waals surface area contributed by atoms with Crippen molar-refractivity contribution in [3.63, 3.8) is 0 Å². The summed E-state index contributed by atoms with van der Waals surface area (Å²) >= 11 is 0. The number of aromatic nitrogens is 2. The summed E-state index contributed by atoms with van der Waals surface area (Å²) in [4.78, 5) is 11.5. The van der Waals surface area contributed by atoms with Crippen molar-refractivity contribution < 1.29 is 0 Å². The van der Waals surface area contributed by atoms with Crippen LogP contribution < -0.4 is 10.2 Å². The molecule has 1 aromatic heterocycles. The van der Waals surface area contributed by atoms with Gasteiger partial charge in [0.1, 0.15) is 12.1 Å². The zero-order chi connectivity index (χ0) is 15.5. The number of nitrogens with zero attached hydrogens (tertiary/aromatic N) is 3. The molecule has 0 amide bonds. The average molecular weight is 379 g/mol. The molecule has 2 aromatic rings. The van der Waals surface area contributed by atoms with Gasteiger partial charge in [-0.25, -0.2) is 9.97 Å². The van der Waals surface area contributed by atoms with Crippen LogP contribution in [0.25, 0.3) is 5.57 Å². The fourth-order valence-electron chi connectivity index (χ4n) is 3.50. The van der Waals surface area contributed by atoms with E-state index in [2.05, 4.69) is 56.6 Å². The Kier molecular flexibility index (Phi) is 7.24. The number of nitrogens with one attached hydrogen (secondary N) is 1. The summed E-state index contributed by atoms with van der Waals surface area (Å²) in [5, 5.41) is 3.45. The van der Waals surface area contributed by atoms with Crippen LogP contribution in [0, 0.1) is 0 Å². The van der Waals surface area contributed by atoms with E-state index in [4.69, 9.17) is 0 Å². The second kappa shape index (κ2) is 9.18. The number of anilines is 1. The van der Waals surface area contributed by atoms with Crippen LogP contribution in [0.1, 0.15) is 23.2 Å². The molecule has 134 valence electrons. The molecule has 0 aliphatic carbocycles. The molecule has 0 radical (unpaired) electrons. The molecule has 0 spiro atoms. The minimum Gasteiger partial charge on any atom is -0.352 e. The van der Waals surface area contributed by atoms with Gasteiger partial charge in [0.05, 0.1) is 5.69 Å². The Morgan fingerprint density at radius 3 is 2.48 bits per heavy atom. The summed E-state index contributed by atoms with van der Waals surface area (Å²) in [6, 6.07) is 10.7. The maximum Gasteiger partial charge on any atom is 0.135 e. The lowest BCUT2D eigenvalue weighted by Gasteiger charge is -2.29. The van der Waals surface area contributed by atoms with Crippen molar-refractivity contribution >= 4 is 36.2 Å². The topological polar surface area (TPSA) is 41.1 Å². The van der Waals surface area contributed by atoms with Gasteiger partial charge in [-0.3, -0.25) is 0 Å². The van der Waals surface area contributed by atoms with E-state index in [1.54, 1.807) is 6.33 Å². The summed E-state index contributed by atoms with van der Waals surface area (Å²) in [7, 11) is 0. The summed E-state index contributed by atoms with van der Waals surface area (Å²) < 4.78 is 0. The molecule has 0 fully saturated rings. The highest BCUT2D eigenvalue weighted by molar-refractivity contribution is 5.85. The number of halogens is 2. The van der Waals surface area contributed by atoms with E-state index in [1.807, 2.05) is 0 Å². The minimum absolute atomic E-state index is 0. The first-order valence-electron chi connectivity index (χ1n) is 8.45. The highest BCUT2D eigenvalue weighted by Crippen LogP contribution is 2.28. The third-order valence-electron chi connectivity index (χ3n) is 4.76. The van der Waals surface area contributed by atoms with Crippen molar-refractivity contribution in [1.29, 1.82) is 0 Å². The van der Waals surface area contributed by atoms with Gasteiger partial charge in [-0.15, -0.1) is 24.8 Å². The summed E-state index contributed by atoms with van der Waals surface area (Å²) in [5.41, 5.74) is 5.36. The maximum absolute atomic E-state index is 4.61. The van der Waals surface area contributed by atoms with Crippen molar-refractivity contribution in [2.45, 2.75) is 19.3 Å². The third kappa shape index (κ3) is 4.32. The van der Waals surface area contributed by atoms with E-state index in [-0.39, 0.29) is 24.8 Å². The van der Waals surface area contributed by atoms with E-state index in [0.29, 0.717) is 0 Å². The minimum atomic E-state index is 0. The Hall–Kier alpha value is -1.62. The maximum atomic E-state index is 4.61. The van der Waals surface area contributed by atoms with Crippen LogP contribution in [0.5, 0.6) is 0 Å². The summed E-state index contributed by atoms with van der Waals surface area (Å²) in [5.74, 6) is 1.14. The van der Waals surface area contributed by atoms with Crippen molar-refractivity contribution in [3.05, 3.63) is 59.6 Å². The molecule has 1 N–H and O–H groups in total. The molecule has 2 aliphatic heterocycles. The second-order valence-electron chi connectivity index (χ2n) is 6.16. The van der Waals surface area contributed by atoms with Gasteiger partial charge >= 0.3 is 0 Å². The first-order chi connectivity index (χ1) is 11.4. The molecule has 1 aromatic carbocycles. The summed E-state index contributed by atoms with van der Waals surface area (Å²) in [6.45, 7) is 3.99. The molecule has 0 atom stereocenters. The Bertz CT molecular complexity index is 719. The Morgan fingerprint density at radius 2 is 1.72 bits per heavy atom. The van der Waals surface area contributed by atoms with Crippen molar-refractivity contribution in [2.24, 2.45) is 0 Å². The molecular formula is C19H24Cl2N4. The average Bonchev–Trinajstić information content (AvgIpc) is 2.88. The van der Waals surface area contributed by atoms with E-state index >= 15 is 0 Å². The SMILES string of the molecule is C1=C(c2ccccc2)CCN(c2ncnc3c2CCNCC3)C1.Cl.Cl. The van der Waals surface area contributed by atoms with Crippen LogP contribution in [0.15, 0.2) is 42.7 Å². The Balaban J connectivity index is 0.00000113. The largest absolute Gasteiger partial charge is 0.352 e. The monoisotopic (exact) mass is 378 g/mol. The Morgan fingerprint density at radius 1 is 0.920 bits per heavy atom. The standard InChI is InChI=1S/C19H22N4.2ClH/c1-2-4-15(5-3-1)16-8-12-23(13-9-16)19-17-6-10-20-11-7-18(17)21-14-22-19;;/h1-5,8,14,20H,6-7,9-13H2;2*1H. The molecule has 3 heterocycles. The van der Waals surface area contributed by atoms with E-state index in [0.717, 1.165) is 51.3 Å². The molecule has 0 bridgehead atoms. The molecule has 4 rings (SSSR count). The lowest BCUT2D eigenvalue weighted by molar-refractivity contribution is 0.707. The highest BCUT2D eigenvalue weighted by atomic mass is 35.5. The van der Waals surface area contributed by atoms with Gasteiger partial charge in [0, 0.05) is 31.6 Å². The number of benzene rings is 1. The Labute approximate surface area is 161 Å². The summed E-state index contributed by atoms with van der Waals surface area (Å²) in [6.07, 6.45) is 7.18. The van der Waals surface area contributed by atoms with Gasteiger partial charge < -0.3 is 10.2 Å². The molecule has 0 saturated heterocycles. The fourth-order valence-corrected chi connectivity index (χ4v) is 3.50. The van der Waals surface area contributed by atoms with Crippen LogP contribution >= 0.6 is 24.8 Å². The zero-order valence-corrected chi connectivity index (χ0v) is 15.8. The van der Waals surface area contributed by atoms with E-state index in [9.17, 15) is 0 Å². The van der Waals surface area contributed by atoms with Crippen molar-refractivity contribution in [3.8, 4) is 0 Å². The second-order valence-corrected chi connectivity index (χ2v) is 6.16. The van der Waals surface area contributed by atoms with Crippen molar-refractivity contribution in [2.75, 3.05) is 31.1 Å². The van der Waals surface area contributed by atoms with Crippen molar-refractivity contribution in [1.82, 2.24) is 15.3 Å². The van der Waals surface area contributed by atoms with Gasteiger partial charge in [-0.05, 0) is 30.5 Å². The molecule has 2 aliphatic rings. The highest BCUT2D eigenvalue weighted by Gasteiger charge is 2.20. The molecule has 0 saturated carbocycles. The number of hydrogen-bond acceptors (Lipinski definition) is 4. The van der Waals surface area contributed by atoms with Gasteiger partial charge in [-0.1, -0.05) is 36.4 Å². The smallest absolute Gasteiger partial charge is 0.135 e. The zero-order valence-electron chi connectivity index (χ0n) is 14.1. The molecule has 25 heavy (non-hydrogen) atoms. The predicted molar refractivity (Wildman–Crippen MR) is 108 cm³/mol. The van der Waals surface area contributed by atoms with Gasteiger partial charge in [0.2, 0.25) is 0 Å². The lowest BCUT2D eigenvalue weighted by atomic mass is 9.99. The van der Waals surface area contributed by atoms with Crippen LogP contribution in [0.2, 0.25) is 0 Å². The fraction of sp³-hybridized carbons (Fsp3) is 0.368. The van der Waals surface area contributed by atoms with Crippen LogP contribution in [0.4, 0.5) is 5.82 Å². The van der Waals surface area contributed by atoms with Crippen LogP contribution in [-0.2, 0) is 12.8 Å². The van der Waals surface area contributed by atoms with Gasteiger partial charge in [-0.2, -0.15) is 0 Å². The third-order valence-corrected chi connectivity index (χ3v) is 4.76. The van der Waals surface area contributed by atoms with Gasteiger partial charge in [0.25, 0.3) is 0 Å². The van der Waals surface area contributed by atoms with Gasteiger partial charge in [0.15, 0.2) is 0 Å². The number of hydrogen-bond donors (Lipinski definition) is 1. The predicted octanol–water partition coefficient (Wildman–Crippen LogP) is 3.30. The molecule has 0 unspecified atom stereocenters. The first kappa shape index (κ1) is 19.7. The van der Waals surface area contributed by atoms with Crippen LogP contribution in [-0.4, -0.2) is 36.1 Å². The quantitative estimate of drug-likeness (QED) is 0.870. The lowest BCUT2D eigenvalue weighted by Crippen LogP contribution is -2.30. The first-order valence-corrected chi connectivity index (χ1v) is 8.45. The molecule has 6 heteroatoms. The molecular weight excluding hydrogens is 355 g/mol. The van der Waals surface area contributed by atoms with E-state index in [1.165, 1.54) is 22.4 Å². The van der Waals surface area contributed by atoms with E-state index < -0.39 is 0 Å². The van der Waals surface area contributed by atoms with Crippen LogP contribution in [0.3, 0.4) is 0 Å². The normalized spacial score (nSPS) is 16.6.